The number of quaternary nitrogens is 1. The van der Waals surface area contributed by atoms with Crippen LogP contribution in [0.3, 0.4) is 0 Å². The van der Waals surface area contributed by atoms with Crippen LogP contribution < -0.4 is 9.80 Å². The molecule has 4 aromatic rings. The van der Waals surface area contributed by atoms with Gasteiger partial charge < -0.3 is 0 Å². The van der Waals surface area contributed by atoms with Gasteiger partial charge in [0, 0.05) is 5.56 Å². The number of nitrogens with one attached hydrogen (secondary N) is 1. The molecule has 1 unspecified atom stereocenters. The average molecular weight is 387 g/mol. The molecule has 1 N–H and O–H groups in total. The fourth-order valence-electron chi connectivity index (χ4n) is 4.22. The lowest BCUT2D eigenvalue weighted by atomic mass is 10.1. The quantitative estimate of drug-likeness (QED) is 0.577. The van der Waals surface area contributed by atoms with E-state index in [1.807, 2.05) is 24.3 Å². The molecule has 1 aliphatic rings. The standard InChI is InChI=1S/C24H23FN4/c1-18(20-11-13-21(25)14-12-20)28-16-27(15-19-7-3-2-4-8-19)24-26-22-9-5-6-10-23(22)29(24)17-28/h2-14,18H,15-17H2,1H3/p+1/t18-/m0/s1. The van der Waals surface area contributed by atoms with Crippen molar-refractivity contribution in [3.05, 3.63) is 95.8 Å². The number of hydrogen-bond acceptors (Lipinski definition) is 2. The number of aromatic nitrogens is 2. The van der Waals surface area contributed by atoms with Crippen molar-refractivity contribution in [3.63, 3.8) is 0 Å². The zero-order valence-electron chi connectivity index (χ0n) is 16.4. The van der Waals surface area contributed by atoms with Gasteiger partial charge in [0.05, 0.1) is 17.6 Å². The minimum atomic E-state index is -0.191. The SMILES string of the molecule is C[C@@H](c1ccc(F)cc1)[NH+]1CN(Cc2ccccc2)c2nc3ccccc3n2C1. The number of halogens is 1. The molecule has 4 nitrogen and oxygen atoms in total. The molecule has 0 bridgehead atoms. The number of rotatable bonds is 4. The van der Waals surface area contributed by atoms with E-state index in [1.54, 1.807) is 12.1 Å². The van der Waals surface area contributed by atoms with Crippen molar-refractivity contribution in [2.75, 3.05) is 11.6 Å². The van der Waals surface area contributed by atoms with Crippen molar-refractivity contribution in [2.45, 2.75) is 26.2 Å². The Morgan fingerprint density at radius 3 is 2.45 bits per heavy atom. The van der Waals surface area contributed by atoms with E-state index < -0.39 is 0 Å². The van der Waals surface area contributed by atoms with Crippen LogP contribution >= 0.6 is 0 Å². The number of imidazole rings is 1. The van der Waals surface area contributed by atoms with Gasteiger partial charge in [-0.05, 0) is 36.8 Å². The summed E-state index contributed by atoms with van der Waals surface area (Å²) in [5, 5.41) is 0. The molecule has 146 valence electrons. The van der Waals surface area contributed by atoms with Crippen LogP contribution in [0.15, 0.2) is 78.9 Å². The molecule has 0 amide bonds. The van der Waals surface area contributed by atoms with Gasteiger partial charge in [0.15, 0.2) is 13.3 Å². The lowest BCUT2D eigenvalue weighted by Crippen LogP contribution is -3.14. The van der Waals surface area contributed by atoms with Gasteiger partial charge in [0.1, 0.15) is 11.9 Å². The highest BCUT2D eigenvalue weighted by atomic mass is 19.1. The molecule has 0 aliphatic carbocycles. The van der Waals surface area contributed by atoms with Gasteiger partial charge in [-0.15, -0.1) is 0 Å². The van der Waals surface area contributed by atoms with Crippen LogP contribution in [0.2, 0.25) is 0 Å². The molecule has 0 saturated heterocycles. The fourth-order valence-corrected chi connectivity index (χ4v) is 4.22. The largest absolute Gasteiger partial charge is 0.294 e. The summed E-state index contributed by atoms with van der Waals surface area (Å²) in [6, 6.07) is 26.0. The molecule has 0 spiro atoms. The molecule has 5 rings (SSSR count). The third-order valence-corrected chi connectivity index (χ3v) is 5.87. The second-order valence-corrected chi connectivity index (χ2v) is 7.76. The third kappa shape index (κ3) is 3.38. The Hall–Kier alpha value is -3.18. The smallest absolute Gasteiger partial charge is 0.215 e. The molecule has 1 aromatic heterocycles. The van der Waals surface area contributed by atoms with Crippen molar-refractivity contribution in [1.29, 1.82) is 0 Å². The normalized spacial score (nSPS) is 17.3. The first-order valence-corrected chi connectivity index (χ1v) is 10.0. The molecular weight excluding hydrogens is 363 g/mol. The van der Waals surface area contributed by atoms with E-state index in [0.29, 0.717) is 0 Å². The predicted octanol–water partition coefficient (Wildman–Crippen LogP) is 3.76. The van der Waals surface area contributed by atoms with Gasteiger partial charge >= 0.3 is 0 Å². The predicted molar refractivity (Wildman–Crippen MR) is 113 cm³/mol. The number of para-hydroxylation sites is 2. The van der Waals surface area contributed by atoms with E-state index >= 15 is 0 Å². The van der Waals surface area contributed by atoms with Gasteiger partial charge in [-0.1, -0.05) is 54.6 Å². The van der Waals surface area contributed by atoms with Crippen LogP contribution in [0.25, 0.3) is 11.0 Å². The second-order valence-electron chi connectivity index (χ2n) is 7.76. The zero-order chi connectivity index (χ0) is 19.8. The van der Waals surface area contributed by atoms with E-state index in [2.05, 4.69) is 58.9 Å². The van der Waals surface area contributed by atoms with Gasteiger partial charge in [-0.25, -0.2) is 9.37 Å². The molecule has 2 heterocycles. The van der Waals surface area contributed by atoms with Gasteiger partial charge in [0.2, 0.25) is 5.95 Å². The Morgan fingerprint density at radius 1 is 0.931 bits per heavy atom. The molecule has 0 radical (unpaired) electrons. The summed E-state index contributed by atoms with van der Waals surface area (Å²) >= 11 is 0. The summed E-state index contributed by atoms with van der Waals surface area (Å²) in [6.07, 6.45) is 0. The summed E-state index contributed by atoms with van der Waals surface area (Å²) in [7, 11) is 0. The first kappa shape index (κ1) is 17.9. The average Bonchev–Trinajstić information content (AvgIpc) is 3.14. The van der Waals surface area contributed by atoms with Gasteiger partial charge in [0.25, 0.3) is 0 Å². The van der Waals surface area contributed by atoms with Gasteiger partial charge in [-0.2, -0.15) is 0 Å². The monoisotopic (exact) mass is 387 g/mol. The maximum Gasteiger partial charge on any atom is 0.215 e. The minimum absolute atomic E-state index is 0.191. The molecule has 29 heavy (non-hydrogen) atoms. The Bertz CT molecular complexity index is 1120. The number of fused-ring (bicyclic) bond motifs is 3. The van der Waals surface area contributed by atoms with Crippen LogP contribution in [0, 0.1) is 5.82 Å². The topological polar surface area (TPSA) is 25.5 Å². The van der Waals surface area contributed by atoms with Crippen molar-refractivity contribution >= 4 is 17.0 Å². The summed E-state index contributed by atoms with van der Waals surface area (Å²) in [5.74, 6) is 0.827. The molecule has 1 aliphatic heterocycles. The van der Waals surface area contributed by atoms with Crippen molar-refractivity contribution < 1.29 is 9.29 Å². The first-order valence-electron chi connectivity index (χ1n) is 10.0. The summed E-state index contributed by atoms with van der Waals surface area (Å²) in [5.41, 5.74) is 4.59. The third-order valence-electron chi connectivity index (χ3n) is 5.87. The van der Waals surface area contributed by atoms with Crippen molar-refractivity contribution in [3.8, 4) is 0 Å². The molecule has 2 atom stereocenters. The Morgan fingerprint density at radius 2 is 1.66 bits per heavy atom. The Labute approximate surface area is 169 Å². The fraction of sp³-hybridized carbons (Fsp3) is 0.208. The second kappa shape index (κ2) is 7.33. The summed E-state index contributed by atoms with van der Waals surface area (Å²) in [4.78, 5) is 8.70. The number of anilines is 1. The van der Waals surface area contributed by atoms with E-state index in [0.717, 1.165) is 42.4 Å². The molecule has 5 heteroatoms. The molecule has 0 saturated carbocycles. The van der Waals surface area contributed by atoms with Crippen LogP contribution in [0.5, 0.6) is 0 Å². The van der Waals surface area contributed by atoms with Crippen molar-refractivity contribution in [1.82, 2.24) is 9.55 Å². The van der Waals surface area contributed by atoms with Crippen molar-refractivity contribution in [2.24, 2.45) is 0 Å². The van der Waals surface area contributed by atoms with E-state index in [4.69, 9.17) is 4.98 Å². The molecular formula is C24H24FN4+. The number of nitrogens with zero attached hydrogens (tertiary/aromatic N) is 3. The Balaban J connectivity index is 1.53. The number of benzene rings is 3. The van der Waals surface area contributed by atoms with Crippen LogP contribution in [0.1, 0.15) is 24.1 Å². The van der Waals surface area contributed by atoms with Crippen LogP contribution in [0.4, 0.5) is 10.3 Å². The molecule has 0 fully saturated rings. The van der Waals surface area contributed by atoms with Crippen LogP contribution in [-0.2, 0) is 13.2 Å². The van der Waals surface area contributed by atoms with E-state index in [1.165, 1.54) is 10.5 Å². The molecule has 3 aromatic carbocycles. The number of hydrogen-bond donors (Lipinski definition) is 1. The zero-order valence-corrected chi connectivity index (χ0v) is 16.4. The maximum absolute atomic E-state index is 13.4. The lowest BCUT2D eigenvalue weighted by Gasteiger charge is -2.37. The highest BCUT2D eigenvalue weighted by Crippen LogP contribution is 2.25. The Kier molecular flexibility index (Phi) is 4.52. The highest BCUT2D eigenvalue weighted by molar-refractivity contribution is 5.78. The minimum Gasteiger partial charge on any atom is -0.294 e. The van der Waals surface area contributed by atoms with E-state index in [-0.39, 0.29) is 11.9 Å². The summed E-state index contributed by atoms with van der Waals surface area (Å²) in [6.45, 7) is 4.70. The highest BCUT2D eigenvalue weighted by Gasteiger charge is 2.32. The maximum atomic E-state index is 13.4. The first-order chi connectivity index (χ1) is 14.2. The van der Waals surface area contributed by atoms with Crippen LogP contribution in [-0.4, -0.2) is 16.2 Å². The lowest BCUT2D eigenvalue weighted by molar-refractivity contribution is -0.953. The van der Waals surface area contributed by atoms with Gasteiger partial charge in [-0.3, -0.25) is 14.4 Å². The van der Waals surface area contributed by atoms with E-state index in [9.17, 15) is 4.39 Å². The summed E-state index contributed by atoms with van der Waals surface area (Å²) < 4.78 is 15.7.